The fraction of sp³-hybridized carbons (Fsp3) is 0.250. The number of halogens is 1. The standard InChI is InChI=1S/C28H26FN7O3/c1-28(14-32-25(37)19-6-4-3-5-7-19)15-38-26(39-16-28)24-34-22(18-8-10-20(29)11-9-18)23(35-24)21-12-13-31-27(33-21)36(2)17-30/h3-13,26H,14-16H2,1-2H3,(H,32,37)(H,34,35). The predicted octanol–water partition coefficient (Wildman–Crippen LogP) is 4.07. The molecule has 0 radical (unpaired) electrons. The van der Waals surface area contributed by atoms with Gasteiger partial charge < -0.3 is 19.8 Å². The largest absolute Gasteiger partial charge is 0.351 e. The number of rotatable bonds is 7. The molecule has 4 aromatic rings. The van der Waals surface area contributed by atoms with E-state index in [4.69, 9.17) is 14.5 Å². The smallest absolute Gasteiger partial charge is 0.251 e. The molecule has 2 aromatic carbocycles. The van der Waals surface area contributed by atoms with E-state index in [0.717, 1.165) is 0 Å². The van der Waals surface area contributed by atoms with Gasteiger partial charge in [0.15, 0.2) is 12.0 Å². The third-order valence-corrected chi connectivity index (χ3v) is 6.29. The average Bonchev–Trinajstić information content (AvgIpc) is 3.42. The van der Waals surface area contributed by atoms with E-state index < -0.39 is 11.7 Å². The summed E-state index contributed by atoms with van der Waals surface area (Å²) in [6, 6.07) is 16.6. The number of aromatic amines is 1. The van der Waals surface area contributed by atoms with Crippen LogP contribution in [-0.4, -0.2) is 52.6 Å². The Balaban J connectivity index is 1.36. The van der Waals surface area contributed by atoms with Crippen LogP contribution < -0.4 is 10.2 Å². The molecular formula is C28H26FN7O3. The Hall–Kier alpha value is -4.66. The van der Waals surface area contributed by atoms with Crippen molar-refractivity contribution in [2.24, 2.45) is 5.41 Å². The second kappa shape index (κ2) is 11.0. The van der Waals surface area contributed by atoms with Crippen molar-refractivity contribution in [3.63, 3.8) is 0 Å². The first-order valence-electron chi connectivity index (χ1n) is 12.2. The molecule has 0 aliphatic carbocycles. The van der Waals surface area contributed by atoms with Crippen molar-refractivity contribution < 1.29 is 18.7 Å². The van der Waals surface area contributed by atoms with Gasteiger partial charge in [-0.25, -0.2) is 19.3 Å². The summed E-state index contributed by atoms with van der Waals surface area (Å²) < 4.78 is 25.7. The number of amides is 1. The summed E-state index contributed by atoms with van der Waals surface area (Å²) in [5, 5.41) is 12.2. The van der Waals surface area contributed by atoms with E-state index >= 15 is 0 Å². The molecule has 2 N–H and O–H groups in total. The number of nitriles is 1. The number of hydrogen-bond acceptors (Lipinski definition) is 8. The van der Waals surface area contributed by atoms with Gasteiger partial charge in [0.2, 0.25) is 12.2 Å². The maximum Gasteiger partial charge on any atom is 0.251 e. The Morgan fingerprint density at radius 3 is 2.56 bits per heavy atom. The third kappa shape index (κ3) is 5.77. The Labute approximate surface area is 224 Å². The minimum atomic E-state index is -0.793. The Morgan fingerprint density at radius 2 is 1.87 bits per heavy atom. The van der Waals surface area contributed by atoms with E-state index in [1.165, 1.54) is 17.0 Å². The zero-order chi connectivity index (χ0) is 27.4. The number of aromatic nitrogens is 4. The number of benzene rings is 2. The summed E-state index contributed by atoms with van der Waals surface area (Å²) in [5.41, 5.74) is 2.35. The van der Waals surface area contributed by atoms with Gasteiger partial charge in [-0.2, -0.15) is 5.26 Å². The van der Waals surface area contributed by atoms with E-state index in [-0.39, 0.29) is 17.7 Å². The van der Waals surface area contributed by atoms with Crippen molar-refractivity contribution in [3.8, 4) is 28.8 Å². The zero-order valence-corrected chi connectivity index (χ0v) is 21.4. The highest BCUT2D eigenvalue weighted by Gasteiger charge is 2.35. The lowest BCUT2D eigenvalue weighted by molar-refractivity contribution is -0.231. The molecule has 0 spiro atoms. The summed E-state index contributed by atoms with van der Waals surface area (Å²) >= 11 is 0. The highest BCUT2D eigenvalue weighted by Crippen LogP contribution is 2.35. The summed E-state index contributed by atoms with van der Waals surface area (Å²) in [6.07, 6.45) is 2.73. The molecule has 2 aromatic heterocycles. The molecule has 1 aliphatic heterocycles. The number of carbonyl (C=O) groups is 1. The van der Waals surface area contributed by atoms with Crippen LogP contribution >= 0.6 is 0 Å². The fourth-order valence-corrected chi connectivity index (χ4v) is 4.09. The third-order valence-electron chi connectivity index (χ3n) is 6.29. The molecule has 5 rings (SSSR count). The van der Waals surface area contributed by atoms with E-state index in [9.17, 15) is 14.4 Å². The van der Waals surface area contributed by atoms with Gasteiger partial charge in [0.1, 0.15) is 5.82 Å². The molecule has 0 saturated carbocycles. The number of imidazole rings is 1. The summed E-state index contributed by atoms with van der Waals surface area (Å²) in [6.45, 7) is 2.98. The van der Waals surface area contributed by atoms with Crippen LogP contribution in [0.15, 0.2) is 66.9 Å². The predicted molar refractivity (Wildman–Crippen MR) is 141 cm³/mol. The average molecular weight is 528 g/mol. The molecule has 198 valence electrons. The van der Waals surface area contributed by atoms with Gasteiger partial charge >= 0.3 is 0 Å². The lowest BCUT2D eigenvalue weighted by Gasteiger charge is -2.36. The van der Waals surface area contributed by atoms with Crippen LogP contribution in [-0.2, 0) is 9.47 Å². The molecule has 1 aliphatic rings. The van der Waals surface area contributed by atoms with Crippen LogP contribution in [0.25, 0.3) is 22.6 Å². The Kier molecular flexibility index (Phi) is 7.31. The molecule has 1 amide bonds. The van der Waals surface area contributed by atoms with Crippen LogP contribution in [0.1, 0.15) is 29.4 Å². The monoisotopic (exact) mass is 527 g/mol. The molecule has 11 heteroatoms. The van der Waals surface area contributed by atoms with Gasteiger partial charge in [-0.3, -0.25) is 9.69 Å². The van der Waals surface area contributed by atoms with Gasteiger partial charge in [0.05, 0.1) is 30.3 Å². The molecule has 39 heavy (non-hydrogen) atoms. The fourth-order valence-electron chi connectivity index (χ4n) is 4.09. The molecular weight excluding hydrogens is 501 g/mol. The van der Waals surface area contributed by atoms with Crippen molar-refractivity contribution in [1.29, 1.82) is 5.26 Å². The molecule has 1 fully saturated rings. The molecule has 1 saturated heterocycles. The van der Waals surface area contributed by atoms with Crippen LogP contribution in [0.4, 0.5) is 10.3 Å². The normalized spacial score (nSPS) is 18.8. The lowest BCUT2D eigenvalue weighted by Crippen LogP contribution is -2.45. The van der Waals surface area contributed by atoms with Crippen LogP contribution in [0.3, 0.4) is 0 Å². The van der Waals surface area contributed by atoms with Gasteiger partial charge in [0, 0.05) is 36.3 Å². The number of hydrogen-bond donors (Lipinski definition) is 2. The minimum Gasteiger partial charge on any atom is -0.351 e. The van der Waals surface area contributed by atoms with E-state index in [2.05, 4.69) is 20.3 Å². The number of nitrogens with zero attached hydrogens (tertiary/aromatic N) is 5. The number of carbonyl (C=O) groups excluding carboxylic acids is 1. The highest BCUT2D eigenvalue weighted by molar-refractivity contribution is 5.94. The molecule has 0 unspecified atom stereocenters. The maximum atomic E-state index is 13.6. The number of ether oxygens (including phenoxy) is 2. The summed E-state index contributed by atoms with van der Waals surface area (Å²) in [5.74, 6) is 0.0987. The van der Waals surface area contributed by atoms with Gasteiger partial charge in [-0.1, -0.05) is 25.1 Å². The van der Waals surface area contributed by atoms with E-state index in [0.29, 0.717) is 53.8 Å². The molecule has 10 nitrogen and oxygen atoms in total. The topological polar surface area (TPSA) is 129 Å². The first-order chi connectivity index (χ1) is 18.8. The van der Waals surface area contributed by atoms with E-state index in [1.54, 1.807) is 43.6 Å². The Bertz CT molecular complexity index is 1490. The first-order valence-corrected chi connectivity index (χ1v) is 12.2. The number of anilines is 1. The van der Waals surface area contributed by atoms with Crippen LogP contribution in [0.2, 0.25) is 0 Å². The molecule has 0 atom stereocenters. The van der Waals surface area contributed by atoms with Crippen LogP contribution in [0.5, 0.6) is 0 Å². The lowest BCUT2D eigenvalue weighted by atomic mass is 9.92. The van der Waals surface area contributed by atoms with Crippen LogP contribution in [0, 0.1) is 22.7 Å². The van der Waals surface area contributed by atoms with Crippen molar-refractivity contribution in [2.75, 3.05) is 31.7 Å². The summed E-state index contributed by atoms with van der Waals surface area (Å²) in [7, 11) is 1.56. The van der Waals surface area contributed by atoms with Crippen molar-refractivity contribution in [2.45, 2.75) is 13.2 Å². The second-order valence-corrected chi connectivity index (χ2v) is 9.57. The summed E-state index contributed by atoms with van der Waals surface area (Å²) in [4.78, 5) is 30.3. The molecule has 0 bridgehead atoms. The van der Waals surface area contributed by atoms with E-state index in [1.807, 2.05) is 31.3 Å². The van der Waals surface area contributed by atoms with Crippen molar-refractivity contribution >= 4 is 11.9 Å². The minimum absolute atomic E-state index is 0.162. The highest BCUT2D eigenvalue weighted by atomic mass is 19.1. The van der Waals surface area contributed by atoms with Gasteiger partial charge in [-0.05, 0) is 42.5 Å². The second-order valence-electron chi connectivity index (χ2n) is 9.57. The first kappa shape index (κ1) is 26.0. The quantitative estimate of drug-likeness (QED) is 0.272. The Morgan fingerprint density at radius 1 is 1.15 bits per heavy atom. The van der Waals surface area contributed by atoms with Gasteiger partial charge in [0.25, 0.3) is 5.91 Å². The zero-order valence-electron chi connectivity index (χ0n) is 21.4. The maximum absolute atomic E-state index is 13.6. The molecule has 3 heterocycles. The van der Waals surface area contributed by atoms with Crippen molar-refractivity contribution in [1.82, 2.24) is 25.3 Å². The number of H-pyrrole nitrogens is 1. The van der Waals surface area contributed by atoms with Crippen molar-refractivity contribution in [3.05, 3.63) is 84.1 Å². The van der Waals surface area contributed by atoms with Gasteiger partial charge in [-0.15, -0.1) is 0 Å². The number of nitrogens with one attached hydrogen (secondary N) is 2. The SMILES string of the molecule is CN(C#N)c1nccc(-c2[nH]c(C3OCC(C)(CNC(=O)c4ccccc4)CO3)nc2-c2ccc(F)cc2)n1.